The van der Waals surface area contributed by atoms with Gasteiger partial charge < -0.3 is 0 Å². The van der Waals surface area contributed by atoms with E-state index in [1.54, 1.807) is 36.5 Å². The Labute approximate surface area is 151 Å². The summed E-state index contributed by atoms with van der Waals surface area (Å²) < 4.78 is 0. The minimum Gasteiger partial charge on any atom is -0.267 e. The quantitative estimate of drug-likeness (QED) is 0.556. The van der Waals surface area contributed by atoms with Crippen LogP contribution < -0.4 is 10.9 Å². The fourth-order valence-corrected chi connectivity index (χ4v) is 2.15. The van der Waals surface area contributed by atoms with Gasteiger partial charge in [-0.25, -0.2) is 0 Å². The molecule has 0 unspecified atom stereocenters. The summed E-state index contributed by atoms with van der Waals surface area (Å²) in [5, 5.41) is 0. The number of aromatic nitrogens is 1. The fourth-order valence-electron chi connectivity index (χ4n) is 2.15. The van der Waals surface area contributed by atoms with Crippen LogP contribution in [0.4, 0.5) is 0 Å². The Balaban J connectivity index is 1.65. The Morgan fingerprint density at radius 2 is 1.27 bits per heavy atom. The van der Waals surface area contributed by atoms with Gasteiger partial charge in [0, 0.05) is 29.1 Å². The van der Waals surface area contributed by atoms with Crippen LogP contribution in [0, 0.1) is 11.8 Å². The van der Waals surface area contributed by atoms with Crippen LogP contribution in [0.1, 0.15) is 31.8 Å². The largest absolute Gasteiger partial charge is 0.271 e. The summed E-state index contributed by atoms with van der Waals surface area (Å²) in [6.07, 6.45) is 2.99. The van der Waals surface area contributed by atoms with Crippen molar-refractivity contribution >= 4 is 11.8 Å². The van der Waals surface area contributed by atoms with E-state index in [0.717, 1.165) is 5.56 Å². The molecule has 126 valence electrons. The van der Waals surface area contributed by atoms with Gasteiger partial charge in [0.1, 0.15) is 0 Å². The van der Waals surface area contributed by atoms with E-state index in [0.29, 0.717) is 16.7 Å². The summed E-state index contributed by atoms with van der Waals surface area (Å²) in [6.45, 7) is 0. The van der Waals surface area contributed by atoms with Crippen LogP contribution in [0.25, 0.3) is 0 Å². The van der Waals surface area contributed by atoms with E-state index in [2.05, 4.69) is 27.7 Å². The van der Waals surface area contributed by atoms with Gasteiger partial charge in [-0.15, -0.1) is 0 Å². The number of amides is 2. The van der Waals surface area contributed by atoms with Gasteiger partial charge in [0.15, 0.2) is 0 Å². The minimum absolute atomic E-state index is 0.304. The summed E-state index contributed by atoms with van der Waals surface area (Å²) in [5.41, 5.74) is 6.98. The van der Waals surface area contributed by atoms with Gasteiger partial charge in [-0.1, -0.05) is 48.2 Å². The van der Waals surface area contributed by atoms with Crippen molar-refractivity contribution in [2.24, 2.45) is 0 Å². The predicted molar refractivity (Wildman–Crippen MR) is 98.0 cm³/mol. The van der Waals surface area contributed by atoms with E-state index in [-0.39, 0.29) is 0 Å². The molecule has 0 aliphatic heterocycles. The number of hydrogen-bond donors (Lipinski definition) is 2. The third-order valence-electron chi connectivity index (χ3n) is 3.45. The molecule has 2 N–H and O–H groups in total. The second-order valence-electron chi connectivity index (χ2n) is 5.35. The summed E-state index contributed by atoms with van der Waals surface area (Å²) in [6, 6.07) is 19.8. The molecule has 2 aromatic carbocycles. The maximum absolute atomic E-state index is 12.2. The molecule has 1 aromatic heterocycles. The van der Waals surface area contributed by atoms with Gasteiger partial charge in [-0.2, -0.15) is 0 Å². The molecule has 0 bridgehead atoms. The second-order valence-corrected chi connectivity index (χ2v) is 5.35. The van der Waals surface area contributed by atoms with Crippen LogP contribution in [-0.2, 0) is 0 Å². The number of benzene rings is 2. The molecule has 0 saturated heterocycles. The first-order valence-corrected chi connectivity index (χ1v) is 7.90. The van der Waals surface area contributed by atoms with E-state index >= 15 is 0 Å². The Kier molecular flexibility index (Phi) is 5.38. The van der Waals surface area contributed by atoms with Gasteiger partial charge in [0.05, 0.1) is 5.56 Å². The highest BCUT2D eigenvalue weighted by Crippen LogP contribution is 2.03. The number of nitrogens with one attached hydrogen (secondary N) is 2. The lowest BCUT2D eigenvalue weighted by Gasteiger charge is -2.07. The van der Waals surface area contributed by atoms with Crippen LogP contribution in [0.5, 0.6) is 0 Å². The van der Waals surface area contributed by atoms with Crippen molar-refractivity contribution in [1.82, 2.24) is 15.8 Å². The van der Waals surface area contributed by atoms with E-state index in [1.165, 1.54) is 6.20 Å². The molecule has 3 aromatic rings. The van der Waals surface area contributed by atoms with E-state index in [9.17, 15) is 9.59 Å². The first-order valence-electron chi connectivity index (χ1n) is 7.90. The van der Waals surface area contributed by atoms with Crippen LogP contribution in [0.3, 0.4) is 0 Å². The lowest BCUT2D eigenvalue weighted by Crippen LogP contribution is -2.41. The highest BCUT2D eigenvalue weighted by molar-refractivity contribution is 5.99. The van der Waals surface area contributed by atoms with Crippen molar-refractivity contribution in [1.29, 1.82) is 0 Å². The first kappa shape index (κ1) is 16.9. The van der Waals surface area contributed by atoms with Crippen molar-refractivity contribution in [3.05, 3.63) is 101 Å². The Bertz CT molecular complexity index is 974. The molecule has 0 aliphatic rings. The minimum atomic E-state index is -0.467. The zero-order valence-electron chi connectivity index (χ0n) is 13.8. The molecular weight excluding hydrogens is 326 g/mol. The smallest absolute Gasteiger partial charge is 0.267 e. The van der Waals surface area contributed by atoms with Crippen molar-refractivity contribution in [2.45, 2.75) is 0 Å². The molecule has 3 rings (SSSR count). The molecular formula is C21H15N3O2. The molecule has 0 spiro atoms. The van der Waals surface area contributed by atoms with Gasteiger partial charge in [-0.05, 0) is 30.3 Å². The lowest BCUT2D eigenvalue weighted by molar-refractivity contribution is 0.0846. The number of rotatable bonds is 2. The zero-order valence-corrected chi connectivity index (χ0v) is 13.8. The molecule has 26 heavy (non-hydrogen) atoms. The standard InChI is InChI=1S/C21H15N3O2/c25-20(18-9-5-2-6-10-18)23-24-21(26)19-13-17(14-22-15-19)12-11-16-7-3-1-4-8-16/h1-10,13-15H,(H,23,25)(H,24,26). The number of carbonyl (C=O) groups excluding carboxylic acids is 2. The van der Waals surface area contributed by atoms with Crippen molar-refractivity contribution in [3.8, 4) is 11.8 Å². The highest BCUT2D eigenvalue weighted by atomic mass is 16.2. The van der Waals surface area contributed by atoms with Crippen LogP contribution in [0.2, 0.25) is 0 Å². The Morgan fingerprint density at radius 3 is 1.96 bits per heavy atom. The third kappa shape index (κ3) is 4.56. The van der Waals surface area contributed by atoms with Gasteiger partial charge >= 0.3 is 0 Å². The number of carbonyl (C=O) groups is 2. The Hall–Kier alpha value is -3.91. The molecule has 0 aliphatic carbocycles. The van der Waals surface area contributed by atoms with Gasteiger partial charge in [-0.3, -0.25) is 25.4 Å². The normalized spacial score (nSPS) is 9.54. The molecule has 5 heteroatoms. The fraction of sp³-hybridized carbons (Fsp3) is 0. The van der Waals surface area contributed by atoms with E-state index in [1.807, 2.05) is 36.4 Å². The number of hydrogen-bond acceptors (Lipinski definition) is 3. The van der Waals surface area contributed by atoms with E-state index < -0.39 is 11.8 Å². The van der Waals surface area contributed by atoms with Crippen LogP contribution in [0.15, 0.2) is 79.1 Å². The van der Waals surface area contributed by atoms with E-state index in [4.69, 9.17) is 0 Å². The topological polar surface area (TPSA) is 71.1 Å². The molecule has 0 fully saturated rings. The maximum Gasteiger partial charge on any atom is 0.271 e. The van der Waals surface area contributed by atoms with Crippen LogP contribution in [-0.4, -0.2) is 16.8 Å². The van der Waals surface area contributed by atoms with Crippen molar-refractivity contribution in [2.75, 3.05) is 0 Å². The summed E-state index contributed by atoms with van der Waals surface area (Å²) in [7, 11) is 0. The third-order valence-corrected chi connectivity index (χ3v) is 3.45. The highest BCUT2D eigenvalue weighted by Gasteiger charge is 2.09. The molecule has 0 saturated carbocycles. The number of pyridine rings is 1. The molecule has 0 atom stereocenters. The summed E-state index contributed by atoms with van der Waals surface area (Å²) in [5.74, 6) is 5.11. The SMILES string of the molecule is O=C(NNC(=O)c1cncc(C#Cc2ccccc2)c1)c1ccccc1. The monoisotopic (exact) mass is 341 g/mol. The van der Waals surface area contributed by atoms with Crippen LogP contribution >= 0.6 is 0 Å². The maximum atomic E-state index is 12.2. The summed E-state index contributed by atoms with van der Waals surface area (Å²) >= 11 is 0. The summed E-state index contributed by atoms with van der Waals surface area (Å²) in [4.78, 5) is 28.2. The van der Waals surface area contributed by atoms with Crippen molar-refractivity contribution in [3.63, 3.8) is 0 Å². The Morgan fingerprint density at radius 1 is 0.692 bits per heavy atom. The van der Waals surface area contributed by atoms with Crippen molar-refractivity contribution < 1.29 is 9.59 Å². The molecule has 2 amide bonds. The average molecular weight is 341 g/mol. The number of nitrogens with zero attached hydrogens (tertiary/aromatic N) is 1. The molecule has 0 radical (unpaired) electrons. The lowest BCUT2D eigenvalue weighted by atomic mass is 10.1. The average Bonchev–Trinajstić information content (AvgIpc) is 2.72. The second kappa shape index (κ2) is 8.27. The first-order chi connectivity index (χ1) is 12.7. The zero-order chi connectivity index (χ0) is 18.2. The molecule has 1 heterocycles. The predicted octanol–water partition coefficient (Wildman–Crippen LogP) is 2.56. The van der Waals surface area contributed by atoms with Gasteiger partial charge in [0.2, 0.25) is 0 Å². The number of hydrazine groups is 1. The van der Waals surface area contributed by atoms with Gasteiger partial charge in [0.25, 0.3) is 11.8 Å². The molecule has 5 nitrogen and oxygen atoms in total.